The van der Waals surface area contributed by atoms with Crippen molar-refractivity contribution in [3.8, 4) is 5.82 Å². The number of amides is 1. The zero-order valence-electron chi connectivity index (χ0n) is 13.5. The van der Waals surface area contributed by atoms with Crippen LogP contribution in [0, 0.1) is 13.8 Å². The summed E-state index contributed by atoms with van der Waals surface area (Å²) in [4.78, 5) is 16.6. The van der Waals surface area contributed by atoms with Crippen LogP contribution < -0.4 is 5.32 Å². The van der Waals surface area contributed by atoms with E-state index in [2.05, 4.69) is 15.4 Å². The maximum atomic E-state index is 12.3. The number of aliphatic hydroxyl groups excluding tert-OH is 1. The lowest BCUT2D eigenvalue weighted by Gasteiger charge is -2.28. The highest BCUT2D eigenvalue weighted by Gasteiger charge is 2.24. The third-order valence-corrected chi connectivity index (χ3v) is 4.28. The summed E-state index contributed by atoms with van der Waals surface area (Å²) in [5, 5.41) is 17.2. The van der Waals surface area contributed by atoms with Gasteiger partial charge < -0.3 is 10.4 Å². The van der Waals surface area contributed by atoms with Gasteiger partial charge in [-0.1, -0.05) is 12.8 Å². The Bertz CT molecular complexity index is 693. The molecule has 1 amide bonds. The van der Waals surface area contributed by atoms with Crippen molar-refractivity contribution >= 4 is 5.91 Å². The molecule has 0 aliphatic heterocycles. The second-order valence-corrected chi connectivity index (χ2v) is 6.18. The molecule has 0 bridgehead atoms. The molecule has 1 aliphatic carbocycles. The van der Waals surface area contributed by atoms with Gasteiger partial charge in [0.2, 0.25) is 0 Å². The molecule has 6 nitrogen and oxygen atoms in total. The second kappa shape index (κ2) is 6.50. The molecule has 2 atom stereocenters. The molecular formula is C17H22N4O2. The first-order valence-electron chi connectivity index (χ1n) is 8.03. The molecule has 2 heterocycles. The second-order valence-electron chi connectivity index (χ2n) is 6.18. The van der Waals surface area contributed by atoms with E-state index >= 15 is 0 Å². The molecule has 23 heavy (non-hydrogen) atoms. The summed E-state index contributed by atoms with van der Waals surface area (Å²) in [6.07, 6.45) is 4.74. The Hall–Kier alpha value is -2.21. The van der Waals surface area contributed by atoms with E-state index in [9.17, 15) is 9.90 Å². The van der Waals surface area contributed by atoms with Crippen LogP contribution in [0.2, 0.25) is 0 Å². The highest BCUT2D eigenvalue weighted by Crippen LogP contribution is 2.19. The molecule has 0 aromatic carbocycles. The van der Waals surface area contributed by atoms with Gasteiger partial charge in [-0.2, -0.15) is 5.10 Å². The van der Waals surface area contributed by atoms with E-state index in [1.807, 2.05) is 19.9 Å². The van der Waals surface area contributed by atoms with Crippen LogP contribution >= 0.6 is 0 Å². The average Bonchev–Trinajstić information content (AvgIpc) is 2.88. The van der Waals surface area contributed by atoms with E-state index in [0.29, 0.717) is 11.4 Å². The van der Waals surface area contributed by atoms with Gasteiger partial charge in [0.1, 0.15) is 0 Å². The number of pyridine rings is 1. The molecule has 1 saturated carbocycles. The highest BCUT2D eigenvalue weighted by molar-refractivity contribution is 5.94. The molecule has 2 unspecified atom stereocenters. The van der Waals surface area contributed by atoms with Gasteiger partial charge in [-0.25, -0.2) is 9.67 Å². The lowest BCUT2D eigenvalue weighted by Crippen LogP contribution is -2.45. The Morgan fingerprint density at radius 3 is 2.70 bits per heavy atom. The Morgan fingerprint density at radius 1 is 1.30 bits per heavy atom. The van der Waals surface area contributed by atoms with Crippen molar-refractivity contribution in [2.75, 3.05) is 0 Å². The van der Waals surface area contributed by atoms with E-state index < -0.39 is 6.10 Å². The zero-order valence-corrected chi connectivity index (χ0v) is 13.5. The summed E-state index contributed by atoms with van der Waals surface area (Å²) in [7, 11) is 0. The summed E-state index contributed by atoms with van der Waals surface area (Å²) >= 11 is 0. The number of nitrogens with zero attached hydrogens (tertiary/aromatic N) is 3. The summed E-state index contributed by atoms with van der Waals surface area (Å²) < 4.78 is 1.75. The standard InChI is InChI=1S/C17H22N4O2/c1-11-9-12(2)21(20-11)16-8-7-13(10-18-16)17(23)19-14-5-3-4-6-15(14)22/h7-10,14-15,22H,3-6H2,1-2H3,(H,19,23). The summed E-state index contributed by atoms with van der Waals surface area (Å²) in [6, 6.07) is 5.34. The number of aliphatic hydroxyl groups is 1. The van der Waals surface area contributed by atoms with Gasteiger partial charge in [0.05, 0.1) is 23.4 Å². The minimum Gasteiger partial charge on any atom is -0.391 e. The minimum atomic E-state index is -0.449. The van der Waals surface area contributed by atoms with Crippen molar-refractivity contribution in [1.29, 1.82) is 0 Å². The molecule has 2 N–H and O–H groups in total. The number of nitrogens with one attached hydrogen (secondary N) is 1. The molecule has 0 spiro atoms. The predicted octanol–water partition coefficient (Wildman–Crippen LogP) is 1.92. The van der Waals surface area contributed by atoms with Gasteiger partial charge >= 0.3 is 0 Å². The molecule has 6 heteroatoms. The molecule has 122 valence electrons. The fourth-order valence-electron chi connectivity index (χ4n) is 3.04. The normalized spacial score (nSPS) is 21.2. The Morgan fingerprint density at radius 2 is 2.09 bits per heavy atom. The number of hydrogen-bond acceptors (Lipinski definition) is 4. The number of rotatable bonds is 3. The number of aryl methyl sites for hydroxylation is 2. The fraction of sp³-hybridized carbons (Fsp3) is 0.471. The van der Waals surface area contributed by atoms with Crippen LogP contribution in [-0.4, -0.2) is 37.9 Å². The topological polar surface area (TPSA) is 80.0 Å². The van der Waals surface area contributed by atoms with Crippen LogP contribution in [-0.2, 0) is 0 Å². The van der Waals surface area contributed by atoms with E-state index in [1.54, 1.807) is 23.0 Å². The Balaban J connectivity index is 1.71. The van der Waals surface area contributed by atoms with Crippen LogP contribution in [0.1, 0.15) is 47.4 Å². The molecule has 1 fully saturated rings. The first-order chi connectivity index (χ1) is 11.0. The number of aromatic nitrogens is 3. The van der Waals surface area contributed by atoms with E-state index in [0.717, 1.165) is 37.1 Å². The van der Waals surface area contributed by atoms with Crippen molar-refractivity contribution in [2.45, 2.75) is 51.7 Å². The molecule has 2 aromatic rings. The first kappa shape index (κ1) is 15.7. The zero-order chi connectivity index (χ0) is 16.4. The van der Waals surface area contributed by atoms with Gasteiger partial charge in [-0.3, -0.25) is 4.79 Å². The molecule has 3 rings (SSSR count). The molecule has 2 aromatic heterocycles. The third-order valence-electron chi connectivity index (χ3n) is 4.28. The van der Waals surface area contributed by atoms with Crippen molar-refractivity contribution in [2.24, 2.45) is 0 Å². The van der Waals surface area contributed by atoms with E-state index in [-0.39, 0.29) is 11.9 Å². The molecule has 0 saturated heterocycles. The maximum absolute atomic E-state index is 12.3. The fourth-order valence-corrected chi connectivity index (χ4v) is 3.04. The van der Waals surface area contributed by atoms with Gasteiger partial charge in [0.25, 0.3) is 5.91 Å². The summed E-state index contributed by atoms with van der Waals surface area (Å²) in [5.41, 5.74) is 2.42. The van der Waals surface area contributed by atoms with E-state index in [1.165, 1.54) is 0 Å². The lowest BCUT2D eigenvalue weighted by atomic mass is 9.92. The van der Waals surface area contributed by atoms with Crippen LogP contribution in [0.3, 0.4) is 0 Å². The quantitative estimate of drug-likeness (QED) is 0.907. The highest BCUT2D eigenvalue weighted by atomic mass is 16.3. The summed E-state index contributed by atoms with van der Waals surface area (Å²) in [6.45, 7) is 3.90. The number of hydrogen-bond donors (Lipinski definition) is 2. The number of carbonyl (C=O) groups is 1. The molecule has 1 aliphatic rings. The van der Waals surface area contributed by atoms with Crippen molar-refractivity contribution < 1.29 is 9.90 Å². The van der Waals surface area contributed by atoms with Crippen molar-refractivity contribution in [3.63, 3.8) is 0 Å². The van der Waals surface area contributed by atoms with Crippen LogP contribution in [0.5, 0.6) is 0 Å². The van der Waals surface area contributed by atoms with Crippen molar-refractivity contribution in [3.05, 3.63) is 41.3 Å². The number of carbonyl (C=O) groups excluding carboxylic acids is 1. The Labute approximate surface area is 135 Å². The third kappa shape index (κ3) is 3.42. The largest absolute Gasteiger partial charge is 0.391 e. The van der Waals surface area contributed by atoms with Gasteiger partial charge in [-0.15, -0.1) is 0 Å². The molecular weight excluding hydrogens is 292 g/mol. The minimum absolute atomic E-state index is 0.160. The predicted molar refractivity (Wildman–Crippen MR) is 86.6 cm³/mol. The monoisotopic (exact) mass is 314 g/mol. The lowest BCUT2D eigenvalue weighted by molar-refractivity contribution is 0.0717. The van der Waals surface area contributed by atoms with Crippen LogP contribution in [0.25, 0.3) is 5.82 Å². The first-order valence-corrected chi connectivity index (χ1v) is 8.03. The smallest absolute Gasteiger partial charge is 0.253 e. The SMILES string of the molecule is Cc1cc(C)n(-c2ccc(C(=O)NC3CCCCC3O)cn2)n1. The van der Waals surface area contributed by atoms with Gasteiger partial charge in [0.15, 0.2) is 5.82 Å². The van der Waals surface area contributed by atoms with Crippen LogP contribution in [0.4, 0.5) is 0 Å². The van der Waals surface area contributed by atoms with E-state index in [4.69, 9.17) is 0 Å². The molecule has 0 radical (unpaired) electrons. The average molecular weight is 314 g/mol. The maximum Gasteiger partial charge on any atom is 0.253 e. The Kier molecular flexibility index (Phi) is 4.43. The van der Waals surface area contributed by atoms with Gasteiger partial charge in [0, 0.05) is 11.9 Å². The van der Waals surface area contributed by atoms with Gasteiger partial charge in [-0.05, 0) is 44.9 Å². The summed E-state index contributed by atoms with van der Waals surface area (Å²) in [5.74, 6) is 0.494. The van der Waals surface area contributed by atoms with Crippen LogP contribution in [0.15, 0.2) is 24.4 Å². The van der Waals surface area contributed by atoms with Crippen molar-refractivity contribution in [1.82, 2.24) is 20.1 Å².